The van der Waals surface area contributed by atoms with Gasteiger partial charge in [-0.3, -0.25) is 4.90 Å². The average Bonchev–Trinajstić information content (AvgIpc) is 3.25. The number of hydrogen-bond acceptors (Lipinski definition) is 3. The summed E-state index contributed by atoms with van der Waals surface area (Å²) in [7, 11) is 1.72. The lowest BCUT2D eigenvalue weighted by molar-refractivity contribution is 0.185. The molecule has 0 spiro atoms. The van der Waals surface area contributed by atoms with E-state index in [0.29, 0.717) is 13.2 Å². The fourth-order valence-corrected chi connectivity index (χ4v) is 3.64. The van der Waals surface area contributed by atoms with Crippen LogP contribution in [0.15, 0.2) is 53.5 Å². The van der Waals surface area contributed by atoms with E-state index in [-0.39, 0.29) is 24.0 Å². The van der Waals surface area contributed by atoms with Gasteiger partial charge in [0.15, 0.2) is 5.96 Å². The van der Waals surface area contributed by atoms with E-state index in [1.165, 1.54) is 48.2 Å². The third kappa shape index (κ3) is 8.24. The summed E-state index contributed by atoms with van der Waals surface area (Å²) in [6, 6.07) is 17.3. The molecular formula is C24H35IN4O. The van der Waals surface area contributed by atoms with Gasteiger partial charge < -0.3 is 15.4 Å². The molecule has 2 aromatic carbocycles. The highest BCUT2D eigenvalue weighted by atomic mass is 127. The smallest absolute Gasteiger partial charge is 0.191 e. The molecule has 0 atom stereocenters. The number of methoxy groups -OCH3 is 1. The van der Waals surface area contributed by atoms with Gasteiger partial charge in [-0.25, -0.2) is 4.99 Å². The number of ether oxygens (including phenoxy) is 1. The molecule has 0 bridgehead atoms. The van der Waals surface area contributed by atoms with Crippen LogP contribution in [0, 0.1) is 0 Å². The number of halogens is 1. The molecule has 6 heteroatoms. The van der Waals surface area contributed by atoms with Crippen molar-refractivity contribution in [1.29, 1.82) is 0 Å². The summed E-state index contributed by atoms with van der Waals surface area (Å²) in [5.41, 5.74) is 5.02. The molecule has 0 aromatic heterocycles. The van der Waals surface area contributed by atoms with E-state index in [4.69, 9.17) is 9.73 Å². The maximum absolute atomic E-state index is 5.22. The van der Waals surface area contributed by atoms with Crippen LogP contribution in [0.3, 0.4) is 0 Å². The quantitative estimate of drug-likeness (QED) is 0.293. The van der Waals surface area contributed by atoms with Gasteiger partial charge in [0.1, 0.15) is 0 Å². The molecule has 0 amide bonds. The van der Waals surface area contributed by atoms with Crippen molar-refractivity contribution in [1.82, 2.24) is 15.5 Å². The topological polar surface area (TPSA) is 48.9 Å². The number of hydrogen-bond donors (Lipinski definition) is 2. The zero-order valence-corrected chi connectivity index (χ0v) is 20.5. The summed E-state index contributed by atoms with van der Waals surface area (Å²) in [5, 5.41) is 6.77. The Kier molecular flexibility index (Phi) is 11.2. The zero-order valence-electron chi connectivity index (χ0n) is 18.2. The lowest BCUT2D eigenvalue weighted by Crippen LogP contribution is -2.36. The van der Waals surface area contributed by atoms with Crippen LogP contribution < -0.4 is 10.6 Å². The predicted molar refractivity (Wildman–Crippen MR) is 135 cm³/mol. The van der Waals surface area contributed by atoms with Crippen molar-refractivity contribution in [2.24, 2.45) is 4.99 Å². The van der Waals surface area contributed by atoms with Crippen LogP contribution in [0.2, 0.25) is 0 Å². The van der Waals surface area contributed by atoms with Gasteiger partial charge >= 0.3 is 0 Å². The summed E-state index contributed by atoms with van der Waals surface area (Å²) < 4.78 is 5.22. The molecule has 1 aliphatic heterocycles. The van der Waals surface area contributed by atoms with Gasteiger partial charge in [0.05, 0.1) is 13.2 Å². The van der Waals surface area contributed by atoms with Crippen LogP contribution in [0.4, 0.5) is 0 Å². The summed E-state index contributed by atoms with van der Waals surface area (Å²) in [4.78, 5) is 7.27. The second-order valence-corrected chi connectivity index (χ2v) is 7.60. The van der Waals surface area contributed by atoms with Gasteiger partial charge in [0.2, 0.25) is 0 Å². The van der Waals surface area contributed by atoms with Crippen LogP contribution in [0.1, 0.15) is 42.0 Å². The first kappa shape index (κ1) is 24.6. The maximum Gasteiger partial charge on any atom is 0.191 e. The molecule has 30 heavy (non-hydrogen) atoms. The molecule has 164 valence electrons. The van der Waals surface area contributed by atoms with Crippen molar-refractivity contribution >= 4 is 29.9 Å². The van der Waals surface area contributed by atoms with Crippen molar-refractivity contribution in [2.75, 3.05) is 26.7 Å². The number of aliphatic imine (C=N–C) groups is 1. The Balaban J connectivity index is 0.00000320. The molecular weight excluding hydrogens is 487 g/mol. The van der Waals surface area contributed by atoms with Crippen LogP contribution in [0.5, 0.6) is 0 Å². The van der Waals surface area contributed by atoms with Crippen molar-refractivity contribution in [3.63, 3.8) is 0 Å². The third-order valence-corrected chi connectivity index (χ3v) is 5.15. The van der Waals surface area contributed by atoms with E-state index in [1.807, 2.05) is 0 Å². The van der Waals surface area contributed by atoms with Gasteiger partial charge in [0.25, 0.3) is 0 Å². The van der Waals surface area contributed by atoms with Gasteiger partial charge in [-0.1, -0.05) is 48.5 Å². The number of rotatable bonds is 9. The number of nitrogens with zero attached hydrogens (tertiary/aromatic N) is 2. The molecule has 1 fully saturated rings. The molecule has 1 heterocycles. The number of benzene rings is 2. The molecule has 5 nitrogen and oxygen atoms in total. The Morgan fingerprint density at radius 2 is 1.67 bits per heavy atom. The SMILES string of the molecule is CCNC(=NCc1cccc(COC)c1)NCc1ccc(CN2CCCC2)cc1.I. The molecule has 0 aliphatic carbocycles. The Morgan fingerprint density at radius 3 is 2.37 bits per heavy atom. The molecule has 0 saturated carbocycles. The number of likely N-dealkylation sites (tertiary alicyclic amines) is 1. The first-order chi connectivity index (χ1) is 14.3. The van der Waals surface area contributed by atoms with Crippen molar-refractivity contribution in [3.05, 3.63) is 70.8 Å². The highest BCUT2D eigenvalue weighted by molar-refractivity contribution is 14.0. The van der Waals surface area contributed by atoms with Gasteiger partial charge in [-0.15, -0.1) is 24.0 Å². The summed E-state index contributed by atoms with van der Waals surface area (Å²) in [5.74, 6) is 0.839. The lowest BCUT2D eigenvalue weighted by atomic mass is 10.1. The fraction of sp³-hybridized carbons (Fsp3) is 0.458. The molecule has 2 aromatic rings. The maximum atomic E-state index is 5.22. The molecule has 0 unspecified atom stereocenters. The number of guanidine groups is 1. The minimum Gasteiger partial charge on any atom is -0.380 e. The second kappa shape index (κ2) is 13.6. The molecule has 1 aliphatic rings. The highest BCUT2D eigenvalue weighted by Gasteiger charge is 2.11. The summed E-state index contributed by atoms with van der Waals surface area (Å²) in [6.45, 7) is 8.50. The molecule has 3 rings (SSSR count). The van der Waals surface area contributed by atoms with Crippen LogP contribution in [-0.2, 0) is 31.0 Å². The molecule has 1 saturated heterocycles. The van der Waals surface area contributed by atoms with E-state index in [9.17, 15) is 0 Å². The van der Waals surface area contributed by atoms with E-state index in [2.05, 4.69) is 71.0 Å². The zero-order chi connectivity index (χ0) is 20.3. The highest BCUT2D eigenvalue weighted by Crippen LogP contribution is 2.13. The minimum absolute atomic E-state index is 0. The third-order valence-electron chi connectivity index (χ3n) is 5.15. The monoisotopic (exact) mass is 522 g/mol. The van der Waals surface area contributed by atoms with E-state index in [0.717, 1.165) is 25.6 Å². The van der Waals surface area contributed by atoms with Crippen LogP contribution in [0.25, 0.3) is 0 Å². The Hall–Kier alpha value is -1.64. The van der Waals surface area contributed by atoms with E-state index < -0.39 is 0 Å². The van der Waals surface area contributed by atoms with Crippen molar-refractivity contribution in [3.8, 4) is 0 Å². The minimum atomic E-state index is 0. The Labute approximate surface area is 198 Å². The Bertz CT molecular complexity index is 773. The van der Waals surface area contributed by atoms with Gasteiger partial charge in [-0.2, -0.15) is 0 Å². The van der Waals surface area contributed by atoms with Gasteiger partial charge in [-0.05, 0) is 55.1 Å². The number of nitrogens with one attached hydrogen (secondary N) is 2. The van der Waals surface area contributed by atoms with Gasteiger partial charge in [0, 0.05) is 26.7 Å². The first-order valence-electron chi connectivity index (χ1n) is 10.7. The summed E-state index contributed by atoms with van der Waals surface area (Å²) in [6.07, 6.45) is 2.68. The average molecular weight is 522 g/mol. The second-order valence-electron chi connectivity index (χ2n) is 7.60. The predicted octanol–water partition coefficient (Wildman–Crippen LogP) is 4.30. The standard InChI is InChI=1S/C24H34N4O.HI/c1-3-25-24(27-17-22-7-6-8-23(15-22)19-29-2)26-16-20-9-11-21(12-10-20)18-28-13-4-5-14-28;/h6-12,15H,3-5,13-14,16-19H2,1-2H3,(H2,25,26,27);1H. The van der Waals surface area contributed by atoms with Crippen molar-refractivity contribution < 1.29 is 4.74 Å². The first-order valence-corrected chi connectivity index (χ1v) is 10.7. The largest absolute Gasteiger partial charge is 0.380 e. The van der Waals surface area contributed by atoms with E-state index in [1.54, 1.807) is 7.11 Å². The van der Waals surface area contributed by atoms with Crippen LogP contribution in [-0.4, -0.2) is 37.6 Å². The van der Waals surface area contributed by atoms with Crippen LogP contribution >= 0.6 is 24.0 Å². The molecule has 2 N–H and O–H groups in total. The fourth-order valence-electron chi connectivity index (χ4n) is 3.64. The lowest BCUT2D eigenvalue weighted by Gasteiger charge is -2.15. The summed E-state index contributed by atoms with van der Waals surface area (Å²) >= 11 is 0. The normalized spacial score (nSPS) is 14.4. The molecule has 0 radical (unpaired) electrons. The van der Waals surface area contributed by atoms with E-state index >= 15 is 0 Å². The Morgan fingerprint density at radius 1 is 0.967 bits per heavy atom. The van der Waals surface area contributed by atoms with Crippen molar-refractivity contribution in [2.45, 2.75) is 46.0 Å².